The Morgan fingerprint density at radius 1 is 1.35 bits per heavy atom. The Balaban J connectivity index is 1.86. The highest BCUT2D eigenvalue weighted by molar-refractivity contribution is 9.10. The molecule has 0 saturated carbocycles. The van der Waals surface area contributed by atoms with Crippen molar-refractivity contribution in [2.24, 2.45) is 0 Å². The summed E-state index contributed by atoms with van der Waals surface area (Å²) in [5.74, 6) is 2.17. The fourth-order valence-corrected chi connectivity index (χ4v) is 2.88. The molecule has 1 N–H and O–H groups in total. The van der Waals surface area contributed by atoms with E-state index in [9.17, 15) is 0 Å². The van der Waals surface area contributed by atoms with Gasteiger partial charge >= 0.3 is 0 Å². The lowest BCUT2D eigenvalue weighted by molar-refractivity contribution is 0.553. The van der Waals surface area contributed by atoms with Crippen molar-refractivity contribution in [2.75, 3.05) is 18.0 Å². The molecule has 0 aromatic carbocycles. The number of fused-ring (bicyclic) bond motifs is 1. The normalized spacial score (nSPS) is 14.4. The van der Waals surface area contributed by atoms with Gasteiger partial charge in [-0.3, -0.25) is 0 Å². The van der Waals surface area contributed by atoms with Crippen molar-refractivity contribution < 1.29 is 0 Å². The van der Waals surface area contributed by atoms with Gasteiger partial charge in [0, 0.05) is 48.3 Å². The Bertz CT molecular complexity index is 595. The molecule has 6 heteroatoms. The van der Waals surface area contributed by atoms with Crippen molar-refractivity contribution in [2.45, 2.75) is 26.6 Å². The summed E-state index contributed by atoms with van der Waals surface area (Å²) in [6.45, 7) is 6.66. The summed E-state index contributed by atoms with van der Waals surface area (Å²) in [5.41, 5.74) is 1.22. The van der Waals surface area contributed by atoms with E-state index in [1.165, 1.54) is 5.56 Å². The van der Waals surface area contributed by atoms with Gasteiger partial charge in [0.05, 0.1) is 6.54 Å². The standard InChI is InChI=1S/C14H18BrN5/c1-2-16-8-11-7-12(15)9-18-14(11)20-6-5-19-4-3-17-13(19)10-20/h3-4,7,9,16H,2,5-6,8,10H2,1H3. The first-order valence-corrected chi connectivity index (χ1v) is 7.67. The zero-order chi connectivity index (χ0) is 13.9. The molecular formula is C14H18BrN5. The predicted octanol–water partition coefficient (Wildman–Crippen LogP) is 2.17. The molecule has 0 fully saturated rings. The number of hydrogen-bond acceptors (Lipinski definition) is 4. The van der Waals surface area contributed by atoms with Crippen LogP contribution in [0.5, 0.6) is 0 Å². The summed E-state index contributed by atoms with van der Waals surface area (Å²) >= 11 is 3.51. The molecule has 0 spiro atoms. The highest BCUT2D eigenvalue weighted by Gasteiger charge is 2.20. The summed E-state index contributed by atoms with van der Waals surface area (Å²) in [5, 5.41) is 3.38. The summed E-state index contributed by atoms with van der Waals surface area (Å²) in [6, 6.07) is 2.14. The fourth-order valence-electron chi connectivity index (χ4n) is 2.50. The van der Waals surface area contributed by atoms with E-state index in [2.05, 4.69) is 53.7 Å². The number of halogens is 1. The summed E-state index contributed by atoms with van der Waals surface area (Å²) in [4.78, 5) is 11.3. The number of hydrogen-bond donors (Lipinski definition) is 1. The Kier molecular flexibility index (Phi) is 4.03. The number of anilines is 1. The first kappa shape index (κ1) is 13.6. The molecule has 1 aliphatic heterocycles. The fraction of sp³-hybridized carbons (Fsp3) is 0.429. The zero-order valence-electron chi connectivity index (χ0n) is 11.5. The molecular weight excluding hydrogens is 318 g/mol. The number of imidazole rings is 1. The van der Waals surface area contributed by atoms with Crippen LogP contribution in [-0.2, 0) is 19.6 Å². The molecule has 3 heterocycles. The second-order valence-electron chi connectivity index (χ2n) is 4.88. The van der Waals surface area contributed by atoms with Crippen molar-refractivity contribution in [1.82, 2.24) is 19.9 Å². The lowest BCUT2D eigenvalue weighted by Crippen LogP contribution is -2.35. The van der Waals surface area contributed by atoms with E-state index in [4.69, 9.17) is 0 Å². The molecule has 0 atom stereocenters. The lowest BCUT2D eigenvalue weighted by atomic mass is 10.2. The van der Waals surface area contributed by atoms with Crippen molar-refractivity contribution in [3.63, 3.8) is 0 Å². The van der Waals surface area contributed by atoms with Gasteiger partial charge in [0.15, 0.2) is 0 Å². The van der Waals surface area contributed by atoms with Gasteiger partial charge in [0.25, 0.3) is 0 Å². The molecule has 1 aliphatic rings. The van der Waals surface area contributed by atoms with Crippen LogP contribution in [0.4, 0.5) is 5.82 Å². The van der Waals surface area contributed by atoms with Gasteiger partial charge in [-0.15, -0.1) is 0 Å². The SMILES string of the molecule is CCNCc1cc(Br)cnc1N1CCn2ccnc2C1. The summed E-state index contributed by atoms with van der Waals surface area (Å²) in [6.07, 6.45) is 5.78. The minimum Gasteiger partial charge on any atom is -0.347 e. The van der Waals surface area contributed by atoms with E-state index in [1.54, 1.807) is 0 Å². The average molecular weight is 336 g/mol. The van der Waals surface area contributed by atoms with Crippen LogP contribution < -0.4 is 10.2 Å². The number of pyridine rings is 1. The first-order chi connectivity index (χ1) is 9.78. The average Bonchev–Trinajstić information content (AvgIpc) is 2.92. The highest BCUT2D eigenvalue weighted by atomic mass is 79.9. The molecule has 5 nitrogen and oxygen atoms in total. The molecule has 2 aromatic heterocycles. The van der Waals surface area contributed by atoms with Crippen LogP contribution in [0.25, 0.3) is 0 Å². The quantitative estimate of drug-likeness (QED) is 0.930. The van der Waals surface area contributed by atoms with Crippen LogP contribution in [0.15, 0.2) is 29.1 Å². The number of nitrogens with zero attached hydrogens (tertiary/aromatic N) is 4. The molecule has 106 valence electrons. The predicted molar refractivity (Wildman–Crippen MR) is 82.6 cm³/mol. The van der Waals surface area contributed by atoms with Crippen LogP contribution in [0.1, 0.15) is 18.3 Å². The maximum atomic E-state index is 4.61. The molecule has 2 aromatic rings. The molecule has 3 rings (SSSR count). The Labute approximate surface area is 127 Å². The third-order valence-electron chi connectivity index (χ3n) is 3.52. The monoisotopic (exact) mass is 335 g/mol. The Morgan fingerprint density at radius 2 is 2.25 bits per heavy atom. The van der Waals surface area contributed by atoms with Crippen molar-refractivity contribution in [3.8, 4) is 0 Å². The maximum Gasteiger partial charge on any atom is 0.133 e. The van der Waals surface area contributed by atoms with Crippen LogP contribution in [0, 0.1) is 0 Å². The number of aromatic nitrogens is 3. The second-order valence-corrected chi connectivity index (χ2v) is 5.79. The third kappa shape index (κ3) is 2.71. The second kappa shape index (κ2) is 5.93. The van der Waals surface area contributed by atoms with Crippen molar-refractivity contribution >= 4 is 21.7 Å². The van der Waals surface area contributed by atoms with E-state index in [-0.39, 0.29) is 0 Å². The summed E-state index contributed by atoms with van der Waals surface area (Å²) < 4.78 is 3.23. The largest absolute Gasteiger partial charge is 0.347 e. The lowest BCUT2D eigenvalue weighted by Gasteiger charge is -2.30. The van der Waals surface area contributed by atoms with Gasteiger partial charge in [-0.25, -0.2) is 9.97 Å². The minimum absolute atomic E-state index is 0.820. The van der Waals surface area contributed by atoms with Gasteiger partial charge in [-0.2, -0.15) is 0 Å². The van der Waals surface area contributed by atoms with E-state index in [1.807, 2.05) is 18.6 Å². The number of nitrogens with one attached hydrogen (secondary N) is 1. The van der Waals surface area contributed by atoms with Crippen LogP contribution in [-0.4, -0.2) is 27.6 Å². The molecule has 0 aliphatic carbocycles. The molecule has 0 unspecified atom stereocenters. The van der Waals surface area contributed by atoms with Gasteiger partial charge < -0.3 is 14.8 Å². The molecule has 0 radical (unpaired) electrons. The summed E-state index contributed by atoms with van der Waals surface area (Å²) in [7, 11) is 0. The van der Waals surface area contributed by atoms with Gasteiger partial charge in [-0.1, -0.05) is 6.92 Å². The van der Waals surface area contributed by atoms with E-state index >= 15 is 0 Å². The molecule has 0 saturated heterocycles. The van der Waals surface area contributed by atoms with Crippen molar-refractivity contribution in [1.29, 1.82) is 0 Å². The maximum absolute atomic E-state index is 4.61. The molecule has 0 bridgehead atoms. The van der Waals surface area contributed by atoms with Gasteiger partial charge in [0.2, 0.25) is 0 Å². The minimum atomic E-state index is 0.820. The third-order valence-corrected chi connectivity index (χ3v) is 3.95. The molecule has 20 heavy (non-hydrogen) atoms. The molecule has 0 amide bonds. The smallest absolute Gasteiger partial charge is 0.133 e. The van der Waals surface area contributed by atoms with E-state index < -0.39 is 0 Å². The Hall–Kier alpha value is -1.40. The first-order valence-electron chi connectivity index (χ1n) is 6.88. The van der Waals surface area contributed by atoms with Gasteiger partial charge in [0.1, 0.15) is 11.6 Å². The van der Waals surface area contributed by atoms with E-state index in [0.29, 0.717) is 0 Å². The van der Waals surface area contributed by atoms with Gasteiger partial charge in [-0.05, 0) is 28.5 Å². The zero-order valence-corrected chi connectivity index (χ0v) is 13.1. The van der Waals surface area contributed by atoms with Crippen molar-refractivity contribution in [3.05, 3.63) is 40.5 Å². The highest BCUT2D eigenvalue weighted by Crippen LogP contribution is 2.24. The number of rotatable bonds is 4. The van der Waals surface area contributed by atoms with Crippen LogP contribution >= 0.6 is 15.9 Å². The van der Waals surface area contributed by atoms with Crippen LogP contribution in [0.2, 0.25) is 0 Å². The van der Waals surface area contributed by atoms with Crippen LogP contribution in [0.3, 0.4) is 0 Å². The topological polar surface area (TPSA) is 46.0 Å². The van der Waals surface area contributed by atoms with E-state index in [0.717, 1.165) is 48.8 Å². The Morgan fingerprint density at radius 3 is 3.10 bits per heavy atom.